The van der Waals surface area contributed by atoms with Crippen molar-refractivity contribution in [3.05, 3.63) is 83.9 Å². The van der Waals surface area contributed by atoms with Crippen molar-refractivity contribution in [2.75, 3.05) is 10.6 Å². The number of nitrogens with one attached hydrogen (secondary N) is 2. The summed E-state index contributed by atoms with van der Waals surface area (Å²) in [6.07, 6.45) is 3.17. The van der Waals surface area contributed by atoms with E-state index in [1.165, 1.54) is 12.1 Å². The standard InChI is InChI=1S/C21H14ClFN4O2/c22-13-1-3-14(4-2-13)26-21(28)27-15-5-8-20(17(23)11-15)29-16-6-7-18-19(12-16)25-10-9-24-18/h1-12H,(H2,26,27,28). The van der Waals surface area contributed by atoms with Gasteiger partial charge in [-0.25, -0.2) is 9.18 Å². The van der Waals surface area contributed by atoms with Crippen LogP contribution in [0.15, 0.2) is 73.1 Å². The molecular formula is C21H14ClFN4O2. The van der Waals surface area contributed by atoms with Crippen LogP contribution in [0.1, 0.15) is 0 Å². The number of amides is 2. The van der Waals surface area contributed by atoms with Crippen LogP contribution in [0, 0.1) is 5.82 Å². The Hall–Kier alpha value is -3.71. The fraction of sp³-hybridized carbons (Fsp3) is 0. The zero-order valence-electron chi connectivity index (χ0n) is 14.9. The minimum atomic E-state index is -0.617. The summed E-state index contributed by atoms with van der Waals surface area (Å²) >= 11 is 5.81. The number of hydrogen-bond acceptors (Lipinski definition) is 4. The van der Waals surface area contributed by atoms with Gasteiger partial charge in [-0.05, 0) is 48.5 Å². The number of urea groups is 1. The molecule has 0 saturated carbocycles. The first-order valence-corrected chi connectivity index (χ1v) is 8.96. The lowest BCUT2D eigenvalue weighted by molar-refractivity contribution is 0.262. The molecule has 6 nitrogen and oxygen atoms in total. The highest BCUT2D eigenvalue weighted by Gasteiger charge is 2.09. The van der Waals surface area contributed by atoms with Gasteiger partial charge in [0.15, 0.2) is 11.6 Å². The minimum Gasteiger partial charge on any atom is -0.454 e. The van der Waals surface area contributed by atoms with Crippen LogP contribution in [0.5, 0.6) is 11.5 Å². The summed E-state index contributed by atoms with van der Waals surface area (Å²) in [4.78, 5) is 20.4. The van der Waals surface area contributed by atoms with Crippen molar-refractivity contribution in [2.24, 2.45) is 0 Å². The molecular weight excluding hydrogens is 395 g/mol. The van der Waals surface area contributed by atoms with Gasteiger partial charge in [-0.2, -0.15) is 0 Å². The molecule has 29 heavy (non-hydrogen) atoms. The number of carbonyl (C=O) groups excluding carboxylic acids is 1. The Bertz CT molecular complexity index is 1180. The normalized spacial score (nSPS) is 10.6. The second-order valence-corrected chi connectivity index (χ2v) is 6.48. The third-order valence-electron chi connectivity index (χ3n) is 3.96. The SMILES string of the molecule is O=C(Nc1ccc(Cl)cc1)Nc1ccc(Oc2ccc3nccnc3c2)c(F)c1. The van der Waals surface area contributed by atoms with Crippen LogP contribution in [0.3, 0.4) is 0 Å². The van der Waals surface area contributed by atoms with E-state index in [0.29, 0.717) is 27.5 Å². The molecule has 0 fully saturated rings. The van der Waals surface area contributed by atoms with Gasteiger partial charge in [-0.3, -0.25) is 9.97 Å². The Kier molecular flexibility index (Phi) is 5.22. The number of benzene rings is 3. The lowest BCUT2D eigenvalue weighted by atomic mass is 10.2. The molecule has 0 atom stereocenters. The molecule has 1 heterocycles. The Morgan fingerprint density at radius 1 is 0.862 bits per heavy atom. The van der Waals surface area contributed by atoms with E-state index in [2.05, 4.69) is 20.6 Å². The third-order valence-corrected chi connectivity index (χ3v) is 4.21. The molecule has 0 unspecified atom stereocenters. The van der Waals surface area contributed by atoms with Gasteiger partial charge in [0.25, 0.3) is 0 Å². The zero-order valence-corrected chi connectivity index (χ0v) is 15.7. The Morgan fingerprint density at radius 2 is 1.55 bits per heavy atom. The van der Waals surface area contributed by atoms with Crippen molar-refractivity contribution in [2.45, 2.75) is 0 Å². The monoisotopic (exact) mass is 408 g/mol. The van der Waals surface area contributed by atoms with Gasteiger partial charge in [0, 0.05) is 40.9 Å². The molecule has 144 valence electrons. The lowest BCUT2D eigenvalue weighted by Crippen LogP contribution is -2.19. The Labute approximate surface area is 170 Å². The fourth-order valence-electron chi connectivity index (χ4n) is 2.62. The van der Waals surface area contributed by atoms with Crippen molar-refractivity contribution >= 4 is 40.0 Å². The topological polar surface area (TPSA) is 76.1 Å². The molecule has 0 saturated heterocycles. The van der Waals surface area contributed by atoms with E-state index in [9.17, 15) is 9.18 Å². The quantitative estimate of drug-likeness (QED) is 0.443. The highest BCUT2D eigenvalue weighted by molar-refractivity contribution is 6.30. The minimum absolute atomic E-state index is 0.0249. The molecule has 0 radical (unpaired) electrons. The van der Waals surface area contributed by atoms with E-state index in [0.717, 1.165) is 0 Å². The zero-order chi connectivity index (χ0) is 20.2. The Morgan fingerprint density at radius 3 is 2.31 bits per heavy atom. The molecule has 2 N–H and O–H groups in total. The molecule has 0 bridgehead atoms. The number of nitrogens with zero attached hydrogens (tertiary/aromatic N) is 2. The fourth-order valence-corrected chi connectivity index (χ4v) is 2.75. The maximum absolute atomic E-state index is 14.4. The van der Waals surface area contributed by atoms with Gasteiger partial charge in [0.05, 0.1) is 11.0 Å². The summed E-state index contributed by atoms with van der Waals surface area (Å²) in [5.41, 5.74) is 2.20. The average Bonchev–Trinajstić information content (AvgIpc) is 2.72. The van der Waals surface area contributed by atoms with E-state index in [-0.39, 0.29) is 11.4 Å². The van der Waals surface area contributed by atoms with Crippen LogP contribution >= 0.6 is 11.6 Å². The maximum Gasteiger partial charge on any atom is 0.323 e. The summed E-state index contributed by atoms with van der Waals surface area (Å²) in [5, 5.41) is 5.76. The first-order valence-electron chi connectivity index (χ1n) is 8.58. The summed E-state index contributed by atoms with van der Waals surface area (Å²) in [7, 11) is 0. The summed E-state index contributed by atoms with van der Waals surface area (Å²) in [5.74, 6) is -0.163. The largest absolute Gasteiger partial charge is 0.454 e. The van der Waals surface area contributed by atoms with Crippen molar-refractivity contribution < 1.29 is 13.9 Å². The second kappa shape index (κ2) is 8.12. The van der Waals surface area contributed by atoms with Crippen LogP contribution in [0.4, 0.5) is 20.6 Å². The number of hydrogen-bond donors (Lipinski definition) is 2. The van der Waals surface area contributed by atoms with Crippen molar-refractivity contribution in [3.8, 4) is 11.5 Å². The van der Waals surface area contributed by atoms with E-state index in [1.807, 2.05) is 0 Å². The number of aromatic nitrogens is 2. The van der Waals surface area contributed by atoms with Gasteiger partial charge in [0.1, 0.15) is 5.75 Å². The predicted molar refractivity (Wildman–Crippen MR) is 110 cm³/mol. The van der Waals surface area contributed by atoms with Gasteiger partial charge in [0.2, 0.25) is 0 Å². The highest BCUT2D eigenvalue weighted by Crippen LogP contribution is 2.28. The number of fused-ring (bicyclic) bond motifs is 1. The first-order chi connectivity index (χ1) is 14.1. The number of carbonyl (C=O) groups is 1. The molecule has 4 aromatic rings. The Balaban J connectivity index is 1.44. The number of anilines is 2. The molecule has 0 aliphatic rings. The molecule has 8 heteroatoms. The van der Waals surface area contributed by atoms with Crippen LogP contribution in [-0.4, -0.2) is 16.0 Å². The number of halogens is 2. The summed E-state index contributed by atoms with van der Waals surface area (Å²) in [6, 6.07) is 15.4. The van der Waals surface area contributed by atoms with Gasteiger partial charge >= 0.3 is 6.03 Å². The van der Waals surface area contributed by atoms with E-state index >= 15 is 0 Å². The highest BCUT2D eigenvalue weighted by atomic mass is 35.5. The van der Waals surface area contributed by atoms with Crippen molar-refractivity contribution in [1.82, 2.24) is 9.97 Å². The predicted octanol–water partition coefficient (Wildman–Crippen LogP) is 5.86. The molecule has 0 aliphatic heterocycles. The molecule has 2 amide bonds. The van der Waals surface area contributed by atoms with Gasteiger partial charge in [-0.15, -0.1) is 0 Å². The average molecular weight is 409 g/mol. The molecule has 3 aromatic carbocycles. The van der Waals surface area contributed by atoms with Crippen LogP contribution in [0.2, 0.25) is 5.02 Å². The van der Waals surface area contributed by atoms with E-state index in [4.69, 9.17) is 16.3 Å². The van der Waals surface area contributed by atoms with Crippen molar-refractivity contribution in [1.29, 1.82) is 0 Å². The van der Waals surface area contributed by atoms with Crippen molar-refractivity contribution in [3.63, 3.8) is 0 Å². The summed E-state index contributed by atoms with van der Waals surface area (Å²) < 4.78 is 20.0. The number of rotatable bonds is 4. The van der Waals surface area contributed by atoms with Gasteiger partial charge in [-0.1, -0.05) is 11.6 Å². The first kappa shape index (κ1) is 18.6. The van der Waals surface area contributed by atoms with E-state index < -0.39 is 11.8 Å². The second-order valence-electron chi connectivity index (χ2n) is 6.04. The molecule has 4 rings (SSSR count). The molecule has 0 spiro atoms. The van der Waals surface area contributed by atoms with E-state index in [1.54, 1.807) is 60.9 Å². The third kappa shape index (κ3) is 4.59. The van der Waals surface area contributed by atoms with Crippen LogP contribution < -0.4 is 15.4 Å². The molecule has 0 aliphatic carbocycles. The smallest absolute Gasteiger partial charge is 0.323 e. The number of ether oxygens (including phenoxy) is 1. The molecule has 1 aromatic heterocycles. The van der Waals surface area contributed by atoms with Gasteiger partial charge < -0.3 is 15.4 Å². The lowest BCUT2D eigenvalue weighted by Gasteiger charge is -2.11. The maximum atomic E-state index is 14.4. The summed E-state index contributed by atoms with van der Waals surface area (Å²) in [6.45, 7) is 0. The van der Waals surface area contributed by atoms with Crippen LogP contribution in [0.25, 0.3) is 11.0 Å². The van der Waals surface area contributed by atoms with Crippen LogP contribution in [-0.2, 0) is 0 Å².